The Hall–Kier alpha value is -1.76. The highest BCUT2D eigenvalue weighted by atomic mass is 79.9. The molecule has 0 bridgehead atoms. The van der Waals surface area contributed by atoms with Gasteiger partial charge in [0.2, 0.25) is 0 Å². The lowest BCUT2D eigenvalue weighted by Gasteiger charge is -2.10. The van der Waals surface area contributed by atoms with E-state index in [9.17, 15) is 0 Å². The van der Waals surface area contributed by atoms with Crippen LogP contribution in [-0.4, -0.2) is 14.8 Å². The van der Waals surface area contributed by atoms with Gasteiger partial charge in [-0.05, 0) is 29.8 Å². The number of hydrogen-bond acceptors (Lipinski definition) is 4. The van der Waals surface area contributed by atoms with Gasteiger partial charge in [-0.2, -0.15) is 0 Å². The van der Waals surface area contributed by atoms with E-state index >= 15 is 0 Å². The summed E-state index contributed by atoms with van der Waals surface area (Å²) in [5.74, 6) is 2.18. The largest absolute Gasteiger partial charge is 0.484 e. The molecule has 1 heterocycles. The van der Waals surface area contributed by atoms with Crippen molar-refractivity contribution in [1.29, 1.82) is 0 Å². The molecule has 4 nitrogen and oxygen atoms in total. The first-order valence-corrected chi connectivity index (χ1v) is 10.1. The van der Waals surface area contributed by atoms with Crippen LogP contribution in [0.5, 0.6) is 5.75 Å². The van der Waals surface area contributed by atoms with Gasteiger partial charge in [0.25, 0.3) is 0 Å². The van der Waals surface area contributed by atoms with Crippen LogP contribution in [0.4, 0.5) is 0 Å². The molecule has 0 radical (unpaired) electrons. The summed E-state index contributed by atoms with van der Waals surface area (Å²) in [6, 6.07) is 15.6. The molecule has 1 aromatic heterocycles. The summed E-state index contributed by atoms with van der Waals surface area (Å²) in [6.07, 6.45) is 1.83. The van der Waals surface area contributed by atoms with Gasteiger partial charge in [0.1, 0.15) is 12.4 Å². The van der Waals surface area contributed by atoms with Crippen LogP contribution < -0.4 is 4.74 Å². The molecule has 2 aromatic carbocycles. The highest BCUT2D eigenvalue weighted by molar-refractivity contribution is 9.10. The fraction of sp³-hybridized carbons (Fsp3) is 0.158. The van der Waals surface area contributed by atoms with Crippen molar-refractivity contribution in [2.24, 2.45) is 0 Å². The summed E-state index contributed by atoms with van der Waals surface area (Å²) in [4.78, 5) is 0. The number of rotatable bonds is 8. The summed E-state index contributed by atoms with van der Waals surface area (Å²) >= 11 is 11.2. The van der Waals surface area contributed by atoms with Crippen LogP contribution in [0.3, 0.4) is 0 Å². The van der Waals surface area contributed by atoms with E-state index in [1.807, 2.05) is 41.0 Å². The van der Waals surface area contributed by atoms with Gasteiger partial charge in [0.05, 0.1) is 5.02 Å². The molecule has 0 fully saturated rings. The van der Waals surface area contributed by atoms with E-state index in [1.54, 1.807) is 17.8 Å². The van der Waals surface area contributed by atoms with Gasteiger partial charge in [-0.25, -0.2) is 0 Å². The van der Waals surface area contributed by atoms with Crippen molar-refractivity contribution in [3.63, 3.8) is 0 Å². The third-order valence-electron chi connectivity index (χ3n) is 3.58. The standard InChI is InChI=1S/C19H17BrClN3OS/c1-2-11-24-18(12-25-17-6-4-3-5-16(17)21)22-23-19(24)26-13-14-7-9-15(20)10-8-14/h2-10H,1,11-13H2. The number of allylic oxidation sites excluding steroid dienone is 1. The van der Waals surface area contributed by atoms with Crippen molar-refractivity contribution in [1.82, 2.24) is 14.8 Å². The van der Waals surface area contributed by atoms with Gasteiger partial charge in [0.15, 0.2) is 11.0 Å². The van der Waals surface area contributed by atoms with Gasteiger partial charge >= 0.3 is 0 Å². The van der Waals surface area contributed by atoms with Gasteiger partial charge in [-0.1, -0.05) is 69.6 Å². The van der Waals surface area contributed by atoms with Crippen LogP contribution in [0.15, 0.2) is 70.8 Å². The molecule has 0 spiro atoms. The zero-order chi connectivity index (χ0) is 18.4. The third-order valence-corrected chi connectivity index (χ3v) is 5.46. The van der Waals surface area contributed by atoms with Crippen molar-refractivity contribution in [3.05, 3.63) is 82.1 Å². The highest BCUT2D eigenvalue weighted by Gasteiger charge is 2.13. The van der Waals surface area contributed by atoms with Crippen LogP contribution in [0.1, 0.15) is 11.4 Å². The zero-order valence-electron chi connectivity index (χ0n) is 13.9. The maximum Gasteiger partial charge on any atom is 0.191 e. The Kier molecular flexibility index (Phi) is 6.77. The smallest absolute Gasteiger partial charge is 0.191 e. The van der Waals surface area contributed by atoms with Crippen molar-refractivity contribution in [3.8, 4) is 5.75 Å². The van der Waals surface area contributed by atoms with Gasteiger partial charge in [-0.15, -0.1) is 16.8 Å². The van der Waals surface area contributed by atoms with E-state index in [0.29, 0.717) is 23.9 Å². The molecule has 3 aromatic rings. The van der Waals surface area contributed by atoms with Crippen LogP contribution in [-0.2, 0) is 18.9 Å². The van der Waals surface area contributed by atoms with Crippen LogP contribution in [0.2, 0.25) is 5.02 Å². The quantitative estimate of drug-likeness (QED) is 0.323. The minimum absolute atomic E-state index is 0.295. The van der Waals surface area contributed by atoms with Crippen molar-refractivity contribution >= 4 is 39.3 Å². The number of hydrogen-bond donors (Lipinski definition) is 0. The van der Waals surface area contributed by atoms with E-state index in [2.05, 4.69) is 44.8 Å². The van der Waals surface area contributed by atoms with Crippen LogP contribution in [0.25, 0.3) is 0 Å². The Bertz CT molecular complexity index is 883. The van der Waals surface area contributed by atoms with Crippen molar-refractivity contribution in [2.75, 3.05) is 0 Å². The predicted octanol–water partition coefficient (Wildman–Crippen LogP) is 5.75. The van der Waals surface area contributed by atoms with E-state index in [4.69, 9.17) is 16.3 Å². The van der Waals surface area contributed by atoms with E-state index in [-0.39, 0.29) is 0 Å². The maximum atomic E-state index is 6.13. The van der Waals surface area contributed by atoms with E-state index in [1.165, 1.54) is 5.56 Å². The molecule has 26 heavy (non-hydrogen) atoms. The normalized spacial score (nSPS) is 10.7. The second-order valence-corrected chi connectivity index (χ2v) is 7.70. The molecule has 0 N–H and O–H groups in total. The maximum absolute atomic E-state index is 6.13. The molecule has 0 saturated carbocycles. The molecule has 0 amide bonds. The SMILES string of the molecule is C=CCn1c(COc2ccccc2Cl)nnc1SCc1ccc(Br)cc1. The number of ether oxygens (including phenoxy) is 1. The Labute approximate surface area is 170 Å². The first-order valence-electron chi connectivity index (χ1n) is 7.95. The number of thioether (sulfide) groups is 1. The Morgan fingerprint density at radius 1 is 1.15 bits per heavy atom. The summed E-state index contributed by atoms with van der Waals surface area (Å²) in [5, 5.41) is 10.00. The molecule has 0 aliphatic carbocycles. The summed E-state index contributed by atoms with van der Waals surface area (Å²) in [5.41, 5.74) is 1.22. The molecule has 7 heteroatoms. The number of aromatic nitrogens is 3. The molecular formula is C19H17BrClN3OS. The molecule has 0 unspecified atom stereocenters. The van der Waals surface area contributed by atoms with E-state index < -0.39 is 0 Å². The fourth-order valence-electron chi connectivity index (χ4n) is 2.28. The number of benzene rings is 2. The summed E-state index contributed by atoms with van der Waals surface area (Å²) < 4.78 is 8.87. The molecule has 0 aliphatic rings. The summed E-state index contributed by atoms with van der Waals surface area (Å²) in [7, 11) is 0. The second-order valence-electron chi connectivity index (χ2n) is 5.43. The first kappa shape index (κ1) is 19.0. The van der Waals surface area contributed by atoms with Gasteiger partial charge < -0.3 is 4.74 Å². The first-order chi connectivity index (χ1) is 12.7. The minimum atomic E-state index is 0.295. The summed E-state index contributed by atoms with van der Waals surface area (Å²) in [6.45, 7) is 4.74. The molecule has 0 aliphatic heterocycles. The van der Waals surface area contributed by atoms with Crippen molar-refractivity contribution < 1.29 is 4.74 Å². The van der Waals surface area contributed by atoms with E-state index in [0.717, 1.165) is 21.2 Å². The number of nitrogens with zero attached hydrogens (tertiary/aromatic N) is 3. The van der Waals surface area contributed by atoms with Crippen LogP contribution in [0, 0.1) is 0 Å². The average molecular weight is 451 g/mol. The van der Waals surface area contributed by atoms with Gasteiger partial charge in [0, 0.05) is 16.8 Å². The fourth-order valence-corrected chi connectivity index (χ4v) is 3.65. The Morgan fingerprint density at radius 2 is 1.92 bits per heavy atom. The molecule has 134 valence electrons. The van der Waals surface area contributed by atoms with Crippen LogP contribution >= 0.6 is 39.3 Å². The molecule has 0 atom stereocenters. The highest BCUT2D eigenvalue weighted by Crippen LogP contribution is 2.26. The topological polar surface area (TPSA) is 39.9 Å². The lowest BCUT2D eigenvalue weighted by molar-refractivity contribution is 0.289. The van der Waals surface area contributed by atoms with Crippen molar-refractivity contribution in [2.45, 2.75) is 24.1 Å². The Balaban J connectivity index is 1.70. The molecular weight excluding hydrogens is 434 g/mol. The predicted molar refractivity (Wildman–Crippen MR) is 110 cm³/mol. The molecule has 0 saturated heterocycles. The third kappa shape index (κ3) is 4.90. The number of para-hydroxylation sites is 1. The lowest BCUT2D eigenvalue weighted by atomic mass is 10.2. The Morgan fingerprint density at radius 3 is 2.65 bits per heavy atom. The zero-order valence-corrected chi connectivity index (χ0v) is 17.1. The monoisotopic (exact) mass is 449 g/mol. The molecule has 3 rings (SSSR count). The average Bonchev–Trinajstić information content (AvgIpc) is 3.03. The number of halogens is 2. The van der Waals surface area contributed by atoms with Gasteiger partial charge in [-0.3, -0.25) is 4.57 Å². The lowest BCUT2D eigenvalue weighted by Crippen LogP contribution is -2.07. The minimum Gasteiger partial charge on any atom is -0.484 e. The second kappa shape index (κ2) is 9.26.